The van der Waals surface area contributed by atoms with E-state index in [0.717, 1.165) is 0 Å². The highest BCUT2D eigenvalue weighted by Crippen LogP contribution is 2.32. The molecule has 0 spiro atoms. The van der Waals surface area contributed by atoms with Crippen molar-refractivity contribution in [1.82, 2.24) is 29.5 Å². The first-order chi connectivity index (χ1) is 17.7. The number of halogens is 3. The minimum Gasteiger partial charge on any atom is -0.360 e. The minimum absolute atomic E-state index is 0.155. The maximum absolute atomic E-state index is 13.6. The molecule has 1 saturated heterocycles. The fourth-order valence-electron chi connectivity index (χ4n) is 4.11. The molecule has 2 N–H and O–H groups in total. The summed E-state index contributed by atoms with van der Waals surface area (Å²) in [5.41, 5.74) is 0.891. The van der Waals surface area contributed by atoms with E-state index in [1.165, 1.54) is 10.8 Å². The third kappa shape index (κ3) is 5.29. The van der Waals surface area contributed by atoms with Crippen molar-refractivity contribution in [1.29, 1.82) is 0 Å². The number of rotatable bonds is 6. The maximum atomic E-state index is 13.6. The van der Waals surface area contributed by atoms with E-state index in [1.807, 2.05) is 13.0 Å². The number of aryl methyl sites for hydroxylation is 1. The van der Waals surface area contributed by atoms with Crippen LogP contribution in [0.5, 0.6) is 0 Å². The molecule has 0 aliphatic carbocycles. The predicted octanol–water partition coefficient (Wildman–Crippen LogP) is 4.32. The Hall–Kier alpha value is -3.93. The van der Waals surface area contributed by atoms with Crippen molar-refractivity contribution in [2.45, 2.75) is 31.7 Å². The number of nitrogens with one attached hydrogen (secondary N) is 2. The van der Waals surface area contributed by atoms with Gasteiger partial charge in [-0.1, -0.05) is 11.6 Å². The van der Waals surface area contributed by atoms with Crippen LogP contribution in [-0.4, -0.2) is 48.5 Å². The van der Waals surface area contributed by atoms with Crippen molar-refractivity contribution in [3.8, 4) is 0 Å². The highest BCUT2D eigenvalue weighted by molar-refractivity contribution is 6.32. The molecule has 0 radical (unpaired) electrons. The van der Waals surface area contributed by atoms with Gasteiger partial charge in [0.2, 0.25) is 5.95 Å². The van der Waals surface area contributed by atoms with Crippen LogP contribution in [-0.2, 0) is 7.05 Å². The van der Waals surface area contributed by atoms with Crippen LogP contribution in [0.3, 0.4) is 0 Å². The first-order valence-electron chi connectivity index (χ1n) is 11.7. The topological polar surface area (TPSA) is 114 Å². The number of fused-ring (bicyclic) bond motifs is 1. The first kappa shape index (κ1) is 24.8. The lowest BCUT2D eigenvalue weighted by molar-refractivity contribution is -0.0222. The van der Waals surface area contributed by atoms with Crippen LogP contribution in [0.25, 0.3) is 10.9 Å². The number of benzene rings is 1. The molecule has 1 aliphatic rings. The van der Waals surface area contributed by atoms with Crippen LogP contribution in [0.1, 0.15) is 31.6 Å². The summed E-state index contributed by atoms with van der Waals surface area (Å²) in [6.45, 7) is 2.19. The molecule has 1 atom stereocenters. The summed E-state index contributed by atoms with van der Waals surface area (Å²) in [6, 6.07) is 6.82. The summed E-state index contributed by atoms with van der Waals surface area (Å²) in [4.78, 5) is 35.7. The van der Waals surface area contributed by atoms with E-state index in [1.54, 1.807) is 42.5 Å². The molecule has 1 aliphatic heterocycles. The van der Waals surface area contributed by atoms with Crippen molar-refractivity contribution >= 4 is 45.8 Å². The van der Waals surface area contributed by atoms with Gasteiger partial charge in [0, 0.05) is 56.4 Å². The molecular weight excluding hydrogens is 504 g/mol. The van der Waals surface area contributed by atoms with Gasteiger partial charge in [-0.25, -0.2) is 28.5 Å². The van der Waals surface area contributed by atoms with Gasteiger partial charge in [0.05, 0.1) is 17.8 Å². The Morgan fingerprint density at radius 2 is 1.81 bits per heavy atom. The quantitative estimate of drug-likeness (QED) is 0.378. The molecule has 13 heteroatoms. The van der Waals surface area contributed by atoms with Crippen molar-refractivity contribution in [2.24, 2.45) is 7.05 Å². The normalized spacial score (nSPS) is 16.0. The fourth-order valence-corrected chi connectivity index (χ4v) is 4.25. The Bertz CT molecular complexity index is 1490. The van der Waals surface area contributed by atoms with Crippen LogP contribution in [0.2, 0.25) is 5.02 Å². The molecule has 1 aromatic carbocycles. The summed E-state index contributed by atoms with van der Waals surface area (Å²) < 4.78 is 28.6. The molecule has 1 unspecified atom stereocenters. The van der Waals surface area contributed by atoms with Crippen molar-refractivity contribution in [3.05, 3.63) is 64.2 Å². The van der Waals surface area contributed by atoms with Crippen LogP contribution in [0.4, 0.5) is 32.1 Å². The highest BCUT2D eigenvalue weighted by atomic mass is 35.5. The lowest BCUT2D eigenvalue weighted by Gasteiger charge is -2.31. The molecular formula is C24H24ClF2N9O. The first-order valence-corrected chi connectivity index (χ1v) is 12.0. The molecule has 3 aromatic heterocycles. The monoisotopic (exact) mass is 527 g/mol. The van der Waals surface area contributed by atoms with E-state index in [9.17, 15) is 13.6 Å². The summed E-state index contributed by atoms with van der Waals surface area (Å²) in [5, 5.41) is 7.37. The van der Waals surface area contributed by atoms with Gasteiger partial charge < -0.3 is 15.5 Å². The second kappa shape index (κ2) is 9.85. The van der Waals surface area contributed by atoms with E-state index in [0.29, 0.717) is 40.0 Å². The van der Waals surface area contributed by atoms with Gasteiger partial charge >= 0.3 is 5.69 Å². The molecule has 5 rings (SSSR count). The molecule has 4 heterocycles. The zero-order valence-electron chi connectivity index (χ0n) is 20.1. The Kier molecular flexibility index (Phi) is 6.59. The second-order valence-corrected chi connectivity index (χ2v) is 9.25. The van der Waals surface area contributed by atoms with Gasteiger partial charge in [-0.15, -0.1) is 0 Å². The number of anilines is 4. The molecule has 4 aromatic rings. The summed E-state index contributed by atoms with van der Waals surface area (Å²) in [6.07, 6.45) is 4.24. The van der Waals surface area contributed by atoms with Crippen molar-refractivity contribution < 1.29 is 8.78 Å². The number of alkyl halides is 2. The summed E-state index contributed by atoms with van der Waals surface area (Å²) >= 11 is 6.35. The van der Waals surface area contributed by atoms with Crippen LogP contribution in [0, 0.1) is 0 Å². The average molecular weight is 528 g/mol. The zero-order valence-corrected chi connectivity index (χ0v) is 20.9. The van der Waals surface area contributed by atoms with E-state index in [4.69, 9.17) is 11.6 Å². The molecule has 192 valence electrons. The molecule has 0 saturated carbocycles. The predicted molar refractivity (Wildman–Crippen MR) is 138 cm³/mol. The van der Waals surface area contributed by atoms with Gasteiger partial charge in [-0.2, -0.15) is 9.97 Å². The molecule has 1 fully saturated rings. The SMILES string of the molecule is CC(Nc1nc(=O)n(C)c2ccc(Nc3nc(N4CCC(F)(F)CC4)ncc3Cl)cc12)c1ncccn1. The molecule has 37 heavy (non-hydrogen) atoms. The van der Waals surface area contributed by atoms with Crippen LogP contribution >= 0.6 is 11.6 Å². The van der Waals surface area contributed by atoms with Gasteiger partial charge in [0.15, 0.2) is 5.82 Å². The number of hydrogen-bond acceptors (Lipinski definition) is 9. The van der Waals surface area contributed by atoms with Crippen molar-refractivity contribution in [3.63, 3.8) is 0 Å². The lowest BCUT2D eigenvalue weighted by Crippen LogP contribution is -2.40. The van der Waals surface area contributed by atoms with E-state index >= 15 is 0 Å². The molecule has 0 bridgehead atoms. The van der Waals surface area contributed by atoms with E-state index < -0.39 is 11.6 Å². The van der Waals surface area contributed by atoms with Gasteiger partial charge in [-0.3, -0.25) is 4.57 Å². The Balaban J connectivity index is 1.45. The smallest absolute Gasteiger partial charge is 0.349 e. The average Bonchev–Trinajstić information content (AvgIpc) is 2.89. The Morgan fingerprint density at radius 1 is 1.08 bits per heavy atom. The van der Waals surface area contributed by atoms with Gasteiger partial charge in [-0.05, 0) is 31.2 Å². The lowest BCUT2D eigenvalue weighted by atomic mass is 10.1. The number of hydrogen-bond donors (Lipinski definition) is 2. The van der Waals surface area contributed by atoms with E-state index in [-0.39, 0.29) is 37.0 Å². The van der Waals surface area contributed by atoms with E-state index in [2.05, 4.69) is 35.6 Å². The van der Waals surface area contributed by atoms with Crippen molar-refractivity contribution in [2.75, 3.05) is 28.6 Å². The summed E-state index contributed by atoms with van der Waals surface area (Å²) in [7, 11) is 1.65. The van der Waals surface area contributed by atoms with Gasteiger partial charge in [0.1, 0.15) is 16.7 Å². The Morgan fingerprint density at radius 3 is 2.54 bits per heavy atom. The zero-order chi connectivity index (χ0) is 26.2. The third-order valence-corrected chi connectivity index (χ3v) is 6.48. The molecule has 0 amide bonds. The Labute approximate surface area is 215 Å². The maximum Gasteiger partial charge on any atom is 0.349 e. The third-order valence-electron chi connectivity index (χ3n) is 6.21. The number of piperidine rings is 1. The number of nitrogens with zero attached hydrogens (tertiary/aromatic N) is 7. The number of aromatic nitrogens is 6. The highest BCUT2D eigenvalue weighted by Gasteiger charge is 2.35. The molecule has 10 nitrogen and oxygen atoms in total. The second-order valence-electron chi connectivity index (χ2n) is 8.84. The minimum atomic E-state index is -2.67. The fraction of sp³-hybridized carbons (Fsp3) is 0.333. The standard InChI is InChI=1S/C24H24ClF2N9O/c1-14(19-28-8-3-9-29-19)31-20-16-12-15(4-5-18(16)35(2)23(37)34-20)32-21-17(25)13-30-22(33-21)36-10-6-24(26,27)7-11-36/h3-5,8-9,12-14H,6-7,10-11H2,1-2H3,(H,30,32,33)(H,31,34,37). The van der Waals surface area contributed by atoms with Gasteiger partial charge in [0.25, 0.3) is 5.92 Å². The largest absolute Gasteiger partial charge is 0.360 e. The van der Waals surface area contributed by atoms with Crippen LogP contribution < -0.4 is 21.2 Å². The van der Waals surface area contributed by atoms with Crippen LogP contribution in [0.15, 0.2) is 47.7 Å². The summed E-state index contributed by atoms with van der Waals surface area (Å²) in [5.74, 6) is -1.07.